The minimum Gasteiger partial charge on any atom is -0.481 e. The SMILES string of the molecule is CCSCCN1C[C@H](OC[C@@]23C[C@@H]4[C@H](C)CC[C@H]4[C@]4(C=O)C[C@@H]2C=C(C(C)C)[C@@]34C(=O)O)O[C@H](C)C1. The summed E-state index contributed by atoms with van der Waals surface area (Å²) < 4.78 is 12.9. The fourth-order valence-electron chi connectivity index (χ4n) is 9.48. The van der Waals surface area contributed by atoms with Crippen molar-refractivity contribution >= 4 is 24.0 Å². The molecular weight excluding hydrogens is 474 g/mol. The molecule has 202 valence electrons. The number of morpholine rings is 1. The zero-order chi connectivity index (χ0) is 25.9. The van der Waals surface area contributed by atoms with E-state index in [0.29, 0.717) is 31.4 Å². The highest BCUT2D eigenvalue weighted by atomic mass is 32.2. The first kappa shape index (κ1) is 26.7. The van der Waals surface area contributed by atoms with Crippen LogP contribution in [0.2, 0.25) is 0 Å². The molecule has 0 radical (unpaired) electrons. The number of carbonyl (C=O) groups excluding carboxylic acids is 1. The quantitative estimate of drug-likeness (QED) is 0.254. The van der Waals surface area contributed by atoms with Gasteiger partial charge in [0, 0.05) is 30.8 Å². The van der Waals surface area contributed by atoms with E-state index in [2.05, 4.69) is 45.6 Å². The zero-order valence-corrected chi connectivity index (χ0v) is 23.5. The molecule has 3 saturated carbocycles. The van der Waals surface area contributed by atoms with Crippen molar-refractivity contribution in [2.24, 2.45) is 45.8 Å². The normalized spacial score (nSPS) is 45.7. The summed E-state index contributed by atoms with van der Waals surface area (Å²) in [6.45, 7) is 13.7. The van der Waals surface area contributed by atoms with Gasteiger partial charge in [-0.15, -0.1) is 0 Å². The molecule has 5 rings (SSSR count). The third kappa shape index (κ3) is 3.55. The Morgan fingerprint density at radius 1 is 1.31 bits per heavy atom. The maximum absolute atomic E-state index is 13.6. The van der Waals surface area contributed by atoms with Gasteiger partial charge in [-0.2, -0.15) is 11.8 Å². The molecule has 6 nitrogen and oxygen atoms in total. The monoisotopic (exact) mass is 519 g/mol. The molecule has 7 heteroatoms. The first-order valence-electron chi connectivity index (χ1n) is 14.2. The van der Waals surface area contributed by atoms with E-state index in [1.54, 1.807) is 0 Å². The van der Waals surface area contributed by atoms with Crippen molar-refractivity contribution < 1.29 is 24.2 Å². The maximum Gasteiger partial charge on any atom is 0.315 e. The van der Waals surface area contributed by atoms with Crippen LogP contribution in [0.15, 0.2) is 11.6 Å². The van der Waals surface area contributed by atoms with E-state index in [0.717, 1.165) is 55.7 Å². The number of carboxylic acid groups (broad SMARTS) is 1. The van der Waals surface area contributed by atoms with E-state index < -0.39 is 22.2 Å². The van der Waals surface area contributed by atoms with Crippen LogP contribution in [0.3, 0.4) is 0 Å². The second-order valence-corrected chi connectivity index (χ2v) is 14.0. The van der Waals surface area contributed by atoms with Crippen LogP contribution in [0, 0.1) is 45.8 Å². The Balaban J connectivity index is 1.48. The number of aliphatic carboxylic acids is 1. The molecule has 9 atom stereocenters. The van der Waals surface area contributed by atoms with Gasteiger partial charge in [0.05, 0.1) is 18.1 Å². The van der Waals surface area contributed by atoms with Gasteiger partial charge in [-0.25, -0.2) is 0 Å². The van der Waals surface area contributed by atoms with Crippen molar-refractivity contribution in [2.75, 3.05) is 37.7 Å². The van der Waals surface area contributed by atoms with Crippen molar-refractivity contribution in [3.63, 3.8) is 0 Å². The number of fused-ring (bicyclic) bond motifs is 2. The molecule has 0 unspecified atom stereocenters. The van der Waals surface area contributed by atoms with Crippen LogP contribution in [0.4, 0.5) is 0 Å². The molecule has 5 aliphatic rings. The van der Waals surface area contributed by atoms with E-state index in [1.807, 2.05) is 11.8 Å². The third-order valence-electron chi connectivity index (χ3n) is 10.7. The van der Waals surface area contributed by atoms with E-state index in [1.165, 1.54) is 0 Å². The Labute approximate surface area is 220 Å². The van der Waals surface area contributed by atoms with Gasteiger partial charge in [0.15, 0.2) is 6.29 Å². The fourth-order valence-corrected chi connectivity index (χ4v) is 10.2. The van der Waals surface area contributed by atoms with Crippen LogP contribution in [-0.2, 0) is 19.1 Å². The molecule has 1 N–H and O–H groups in total. The van der Waals surface area contributed by atoms with Crippen molar-refractivity contribution in [1.29, 1.82) is 0 Å². The highest BCUT2D eigenvalue weighted by Crippen LogP contribution is 2.82. The number of rotatable bonds is 10. The summed E-state index contributed by atoms with van der Waals surface area (Å²) in [5, 5.41) is 11.1. The van der Waals surface area contributed by atoms with Gasteiger partial charge in [0.25, 0.3) is 0 Å². The topological polar surface area (TPSA) is 76.1 Å². The van der Waals surface area contributed by atoms with E-state index in [4.69, 9.17) is 9.47 Å². The average Bonchev–Trinajstić information content (AvgIpc) is 3.40. The lowest BCUT2D eigenvalue weighted by Crippen LogP contribution is -2.64. The largest absolute Gasteiger partial charge is 0.481 e. The molecule has 0 aromatic carbocycles. The van der Waals surface area contributed by atoms with E-state index >= 15 is 0 Å². The molecule has 36 heavy (non-hydrogen) atoms. The molecule has 0 aromatic heterocycles. The molecule has 4 aliphatic carbocycles. The second kappa shape index (κ2) is 9.69. The molecule has 0 aromatic rings. The van der Waals surface area contributed by atoms with Gasteiger partial charge in [0.2, 0.25) is 0 Å². The third-order valence-corrected chi connectivity index (χ3v) is 11.6. The first-order valence-corrected chi connectivity index (χ1v) is 15.3. The number of nitrogens with zero attached hydrogens (tertiary/aromatic N) is 1. The number of carbonyl (C=O) groups is 2. The van der Waals surface area contributed by atoms with Crippen molar-refractivity contribution in [2.45, 2.75) is 72.7 Å². The minimum absolute atomic E-state index is 0.0621. The smallest absolute Gasteiger partial charge is 0.315 e. The fraction of sp³-hybridized carbons (Fsp3) is 0.862. The number of allylic oxidation sites excluding steroid dienone is 1. The summed E-state index contributed by atoms with van der Waals surface area (Å²) in [7, 11) is 0. The summed E-state index contributed by atoms with van der Waals surface area (Å²) in [6, 6.07) is 0. The van der Waals surface area contributed by atoms with Crippen molar-refractivity contribution in [3.8, 4) is 0 Å². The summed E-state index contributed by atoms with van der Waals surface area (Å²) in [4.78, 5) is 29.1. The van der Waals surface area contributed by atoms with Gasteiger partial charge in [0.1, 0.15) is 11.7 Å². The van der Waals surface area contributed by atoms with Gasteiger partial charge in [-0.1, -0.05) is 45.8 Å². The van der Waals surface area contributed by atoms with Crippen LogP contribution in [0.5, 0.6) is 0 Å². The van der Waals surface area contributed by atoms with Crippen molar-refractivity contribution in [1.82, 2.24) is 4.90 Å². The molecule has 4 bridgehead atoms. The Bertz CT molecular complexity index is 908. The van der Waals surface area contributed by atoms with Crippen LogP contribution in [-0.4, -0.2) is 72.4 Å². The number of hydrogen-bond acceptors (Lipinski definition) is 6. The molecule has 4 fully saturated rings. The summed E-state index contributed by atoms with van der Waals surface area (Å²) in [5.74, 6) is 2.58. The Hall–Kier alpha value is -0.890. The Morgan fingerprint density at radius 3 is 2.75 bits per heavy atom. The summed E-state index contributed by atoms with van der Waals surface area (Å²) in [5.41, 5.74) is -1.63. The number of hydrogen-bond donors (Lipinski definition) is 1. The average molecular weight is 520 g/mol. The first-order chi connectivity index (χ1) is 17.2. The number of ether oxygens (including phenoxy) is 2. The van der Waals surface area contributed by atoms with E-state index in [9.17, 15) is 14.7 Å². The molecule has 0 spiro atoms. The second-order valence-electron chi connectivity index (χ2n) is 12.6. The lowest BCUT2D eigenvalue weighted by molar-refractivity contribution is -0.235. The van der Waals surface area contributed by atoms with Gasteiger partial charge < -0.3 is 19.4 Å². The maximum atomic E-state index is 13.6. The van der Waals surface area contributed by atoms with Crippen molar-refractivity contribution in [3.05, 3.63) is 11.6 Å². The van der Waals surface area contributed by atoms with Crippen LogP contribution in [0.1, 0.15) is 60.3 Å². The minimum atomic E-state index is -1.18. The lowest BCUT2D eigenvalue weighted by atomic mass is 9.43. The molecule has 0 amide bonds. The summed E-state index contributed by atoms with van der Waals surface area (Å²) in [6.07, 6.45) is 6.56. The molecular formula is C29H45NO5S. The predicted molar refractivity (Wildman–Crippen MR) is 142 cm³/mol. The summed E-state index contributed by atoms with van der Waals surface area (Å²) >= 11 is 1.95. The molecule has 1 heterocycles. The molecule has 1 aliphatic heterocycles. The lowest BCUT2D eigenvalue weighted by Gasteiger charge is -2.58. The Kier molecular flexibility index (Phi) is 7.19. The predicted octanol–water partition coefficient (Wildman–Crippen LogP) is 4.73. The number of aldehydes is 1. The number of carboxylic acids is 1. The zero-order valence-electron chi connectivity index (χ0n) is 22.7. The standard InChI is InChI=1S/C29H45NO5S/c1-6-36-10-9-30-14-20(5)35-25(15-30)34-17-28-13-22-19(4)7-8-23(22)27(16-31)12-21(28)11-24(18(2)3)29(27,28)26(32)33/h11,16,18-23,25H,6-10,12-15,17H2,1-5H3,(H,32,33)/t19-,20-,21+,22-,23-,25-,27-,28+,29+/m1/s1. The Morgan fingerprint density at radius 2 is 2.08 bits per heavy atom. The van der Waals surface area contributed by atoms with Crippen LogP contribution < -0.4 is 0 Å². The van der Waals surface area contributed by atoms with Gasteiger partial charge in [-0.3, -0.25) is 9.69 Å². The van der Waals surface area contributed by atoms with Crippen LogP contribution in [0.25, 0.3) is 0 Å². The molecule has 1 saturated heterocycles. The number of thioether (sulfide) groups is 1. The van der Waals surface area contributed by atoms with E-state index in [-0.39, 0.29) is 30.1 Å². The highest BCUT2D eigenvalue weighted by molar-refractivity contribution is 7.99. The van der Waals surface area contributed by atoms with Gasteiger partial charge in [-0.05, 0) is 61.5 Å². The highest BCUT2D eigenvalue weighted by Gasteiger charge is 2.84. The van der Waals surface area contributed by atoms with Crippen LogP contribution >= 0.6 is 11.8 Å². The van der Waals surface area contributed by atoms with Gasteiger partial charge >= 0.3 is 5.97 Å².